The first-order valence-electron chi connectivity index (χ1n) is 6.42. The molecule has 0 aliphatic rings. The number of carbonyl (C=O) groups excluding carboxylic acids is 1. The second-order valence-corrected chi connectivity index (χ2v) is 7.03. The van der Waals surface area contributed by atoms with E-state index in [2.05, 4.69) is 25.8 Å². The van der Waals surface area contributed by atoms with Gasteiger partial charge in [-0.25, -0.2) is 4.98 Å². The molecular formula is C14H23NO3S. The number of aromatic nitrogens is 1. The Kier molecular flexibility index (Phi) is 4.74. The maximum atomic E-state index is 11.9. The number of thiazole rings is 1. The fraction of sp³-hybridized carbons (Fsp3) is 0.714. The van der Waals surface area contributed by atoms with E-state index in [1.807, 2.05) is 5.38 Å². The Morgan fingerprint density at radius 1 is 1.42 bits per heavy atom. The molecule has 1 rings (SSSR count). The van der Waals surface area contributed by atoms with E-state index in [1.54, 1.807) is 20.8 Å². The molecule has 4 nitrogen and oxygen atoms in total. The first-order valence-corrected chi connectivity index (χ1v) is 7.29. The van der Waals surface area contributed by atoms with Gasteiger partial charge in [-0.15, -0.1) is 11.3 Å². The molecule has 0 spiro atoms. The summed E-state index contributed by atoms with van der Waals surface area (Å²) in [5.74, 6) is -0.409. The zero-order chi connectivity index (χ0) is 14.8. The number of rotatable bonds is 4. The first kappa shape index (κ1) is 16.1. The highest BCUT2D eigenvalue weighted by atomic mass is 32.1. The van der Waals surface area contributed by atoms with Gasteiger partial charge in [-0.1, -0.05) is 20.8 Å². The number of ether oxygens (including phenoxy) is 1. The van der Waals surface area contributed by atoms with Crippen LogP contribution in [0.15, 0.2) is 5.38 Å². The van der Waals surface area contributed by atoms with Gasteiger partial charge in [0.1, 0.15) is 6.10 Å². The van der Waals surface area contributed by atoms with Crippen LogP contribution < -0.4 is 0 Å². The van der Waals surface area contributed by atoms with Crippen LogP contribution in [0.1, 0.15) is 58.3 Å². The molecule has 1 heterocycles. The second-order valence-electron chi connectivity index (χ2n) is 6.17. The molecule has 0 aliphatic heterocycles. The number of nitrogens with zero attached hydrogens (tertiary/aromatic N) is 1. The molecule has 0 saturated heterocycles. The summed E-state index contributed by atoms with van der Waals surface area (Å²) in [5, 5.41) is 13.1. The molecule has 1 aromatic rings. The van der Waals surface area contributed by atoms with E-state index in [0.29, 0.717) is 12.3 Å². The van der Waals surface area contributed by atoms with Crippen molar-refractivity contribution in [2.45, 2.75) is 53.1 Å². The van der Waals surface area contributed by atoms with E-state index in [1.165, 1.54) is 11.3 Å². The van der Waals surface area contributed by atoms with Crippen LogP contribution in [0.2, 0.25) is 0 Å². The minimum Gasteiger partial charge on any atom is -0.465 e. The van der Waals surface area contributed by atoms with Crippen molar-refractivity contribution in [3.63, 3.8) is 0 Å². The average Bonchev–Trinajstić information content (AvgIpc) is 2.76. The number of aliphatic hydroxyl groups is 1. The smallest absolute Gasteiger partial charge is 0.314 e. The van der Waals surface area contributed by atoms with Crippen molar-refractivity contribution in [3.8, 4) is 0 Å². The van der Waals surface area contributed by atoms with Gasteiger partial charge in [0, 0.05) is 10.8 Å². The third-order valence-electron chi connectivity index (χ3n) is 2.93. The van der Waals surface area contributed by atoms with Gasteiger partial charge < -0.3 is 9.84 Å². The van der Waals surface area contributed by atoms with Crippen molar-refractivity contribution >= 4 is 17.3 Å². The van der Waals surface area contributed by atoms with E-state index in [9.17, 15) is 9.90 Å². The van der Waals surface area contributed by atoms with Gasteiger partial charge in [0.2, 0.25) is 0 Å². The van der Waals surface area contributed by atoms with E-state index in [0.717, 1.165) is 5.01 Å². The minimum absolute atomic E-state index is 0.0588. The Bertz CT molecular complexity index is 446. The van der Waals surface area contributed by atoms with Crippen LogP contribution in [0.25, 0.3) is 0 Å². The first-order chi connectivity index (χ1) is 8.60. The third kappa shape index (κ3) is 3.54. The van der Waals surface area contributed by atoms with E-state index >= 15 is 0 Å². The summed E-state index contributed by atoms with van der Waals surface area (Å²) in [4.78, 5) is 16.3. The molecule has 19 heavy (non-hydrogen) atoms. The number of hydrogen-bond donors (Lipinski definition) is 1. The minimum atomic E-state index is -1.00. The molecule has 1 N–H and O–H groups in total. The molecule has 0 bridgehead atoms. The second kappa shape index (κ2) is 5.59. The van der Waals surface area contributed by atoms with Gasteiger partial charge >= 0.3 is 5.97 Å². The van der Waals surface area contributed by atoms with Crippen LogP contribution in [0.5, 0.6) is 0 Å². The van der Waals surface area contributed by atoms with Crippen LogP contribution in [0.4, 0.5) is 0 Å². The summed E-state index contributed by atoms with van der Waals surface area (Å²) >= 11 is 1.50. The largest absolute Gasteiger partial charge is 0.465 e. The fourth-order valence-electron chi connectivity index (χ4n) is 1.55. The molecule has 108 valence electrons. The van der Waals surface area contributed by atoms with Gasteiger partial charge in [0.25, 0.3) is 0 Å². The van der Waals surface area contributed by atoms with Crippen molar-refractivity contribution in [3.05, 3.63) is 16.1 Å². The Hall–Kier alpha value is -0.940. The Morgan fingerprint density at radius 3 is 2.42 bits per heavy atom. The normalized spacial score (nSPS) is 14.3. The average molecular weight is 285 g/mol. The SMILES string of the molecule is CCOC(=O)C(C)(C)C(O)c1csc(C(C)(C)C)n1. The van der Waals surface area contributed by atoms with Gasteiger partial charge in [-0.3, -0.25) is 4.79 Å². The standard InChI is InChI=1S/C14H23NO3S/c1-7-18-12(17)14(5,6)10(16)9-8-19-11(15-9)13(2,3)4/h8,10,16H,7H2,1-6H3. The molecule has 1 atom stereocenters. The maximum absolute atomic E-state index is 11.9. The van der Waals surface area contributed by atoms with Gasteiger partial charge in [0.05, 0.1) is 22.7 Å². The number of carbonyl (C=O) groups is 1. The number of aliphatic hydroxyl groups excluding tert-OH is 1. The van der Waals surface area contributed by atoms with Gasteiger partial charge in [-0.05, 0) is 20.8 Å². The molecule has 5 heteroatoms. The fourth-order valence-corrected chi connectivity index (χ4v) is 2.48. The van der Waals surface area contributed by atoms with Crippen molar-refractivity contribution in [1.82, 2.24) is 4.98 Å². The van der Waals surface area contributed by atoms with Crippen LogP contribution in [-0.4, -0.2) is 22.7 Å². The van der Waals surface area contributed by atoms with Crippen LogP contribution in [-0.2, 0) is 14.9 Å². The van der Waals surface area contributed by atoms with Crippen LogP contribution in [0, 0.1) is 5.41 Å². The zero-order valence-electron chi connectivity index (χ0n) is 12.5. The Labute approximate surface area is 118 Å². The lowest BCUT2D eigenvalue weighted by atomic mass is 9.85. The van der Waals surface area contributed by atoms with Crippen molar-refractivity contribution in [2.75, 3.05) is 6.61 Å². The molecule has 1 unspecified atom stereocenters. The van der Waals surface area contributed by atoms with E-state index in [-0.39, 0.29) is 5.41 Å². The van der Waals surface area contributed by atoms with Crippen molar-refractivity contribution < 1.29 is 14.6 Å². The predicted octanol–water partition coefficient (Wildman–Crippen LogP) is 3.06. The molecule has 0 saturated carbocycles. The summed E-state index contributed by atoms with van der Waals surface area (Å²) in [7, 11) is 0. The number of esters is 1. The highest BCUT2D eigenvalue weighted by Gasteiger charge is 2.39. The molecule has 0 radical (unpaired) electrons. The summed E-state index contributed by atoms with van der Waals surface area (Å²) in [6.07, 6.45) is -0.959. The molecular weight excluding hydrogens is 262 g/mol. The van der Waals surface area contributed by atoms with Gasteiger partial charge in [-0.2, -0.15) is 0 Å². The molecule has 0 aliphatic carbocycles. The lowest BCUT2D eigenvalue weighted by Crippen LogP contribution is -2.33. The van der Waals surface area contributed by atoms with E-state index in [4.69, 9.17) is 4.74 Å². The van der Waals surface area contributed by atoms with Crippen LogP contribution in [0.3, 0.4) is 0 Å². The Balaban J connectivity index is 2.97. The van der Waals surface area contributed by atoms with Crippen LogP contribution >= 0.6 is 11.3 Å². The molecule has 0 fully saturated rings. The summed E-state index contributed by atoms with van der Waals surface area (Å²) in [5.41, 5.74) is -0.524. The summed E-state index contributed by atoms with van der Waals surface area (Å²) < 4.78 is 5.00. The maximum Gasteiger partial charge on any atom is 0.314 e. The van der Waals surface area contributed by atoms with Gasteiger partial charge in [0.15, 0.2) is 0 Å². The monoisotopic (exact) mass is 285 g/mol. The number of hydrogen-bond acceptors (Lipinski definition) is 5. The third-order valence-corrected chi connectivity index (χ3v) is 4.22. The quantitative estimate of drug-likeness (QED) is 0.864. The topological polar surface area (TPSA) is 59.4 Å². The molecule has 1 aromatic heterocycles. The van der Waals surface area contributed by atoms with E-state index < -0.39 is 17.5 Å². The molecule has 0 aromatic carbocycles. The highest BCUT2D eigenvalue weighted by molar-refractivity contribution is 7.09. The predicted molar refractivity (Wildman–Crippen MR) is 76.2 cm³/mol. The summed E-state index contributed by atoms with van der Waals surface area (Å²) in [6.45, 7) is 11.6. The lowest BCUT2D eigenvalue weighted by Gasteiger charge is -2.27. The zero-order valence-corrected chi connectivity index (χ0v) is 13.3. The van der Waals surface area contributed by atoms with Crippen molar-refractivity contribution in [2.24, 2.45) is 5.41 Å². The highest BCUT2D eigenvalue weighted by Crippen LogP contribution is 2.36. The molecule has 0 amide bonds. The Morgan fingerprint density at radius 2 is 2.00 bits per heavy atom. The van der Waals surface area contributed by atoms with Crippen molar-refractivity contribution in [1.29, 1.82) is 0 Å². The summed E-state index contributed by atoms with van der Waals surface area (Å²) in [6, 6.07) is 0. The lowest BCUT2D eigenvalue weighted by molar-refractivity contribution is -0.160.